The van der Waals surface area contributed by atoms with E-state index in [0.29, 0.717) is 29.7 Å². The highest BCUT2D eigenvalue weighted by Crippen LogP contribution is 2.36. The summed E-state index contributed by atoms with van der Waals surface area (Å²) in [5, 5.41) is 0. The lowest BCUT2D eigenvalue weighted by atomic mass is 9.93. The van der Waals surface area contributed by atoms with Crippen molar-refractivity contribution in [3.05, 3.63) is 89.7 Å². The molecule has 0 spiro atoms. The first-order valence-electron chi connectivity index (χ1n) is 11.7. The van der Waals surface area contributed by atoms with Crippen LogP contribution in [0, 0.1) is 0 Å². The number of anilines is 1. The van der Waals surface area contributed by atoms with Gasteiger partial charge in [0.25, 0.3) is 11.8 Å². The van der Waals surface area contributed by atoms with E-state index in [1.807, 2.05) is 60.7 Å². The Hall–Kier alpha value is -3.87. The molecule has 2 unspecified atom stereocenters. The number of hydrogen-bond donors (Lipinski definition) is 0. The second-order valence-electron chi connectivity index (χ2n) is 9.65. The van der Waals surface area contributed by atoms with Gasteiger partial charge in [-0.25, -0.2) is 9.69 Å². The smallest absolute Gasteiger partial charge is 0.417 e. The van der Waals surface area contributed by atoms with E-state index in [4.69, 9.17) is 9.47 Å². The molecule has 1 saturated heterocycles. The zero-order valence-electron chi connectivity index (χ0n) is 20.4. The van der Waals surface area contributed by atoms with Crippen LogP contribution in [0.15, 0.2) is 84.1 Å². The molecule has 2 aromatic rings. The SMILES string of the molecule is CC1=CC(O/C=C2\CCC(c3ccccc3)N(C(=O)OC(C)(C)C)C2=O)N(c2ccccc2)C1=O. The molecule has 0 N–H and O–H groups in total. The molecule has 2 atom stereocenters. The van der Waals surface area contributed by atoms with E-state index in [9.17, 15) is 14.4 Å². The third-order valence-electron chi connectivity index (χ3n) is 5.85. The van der Waals surface area contributed by atoms with Crippen molar-refractivity contribution in [3.8, 4) is 0 Å². The minimum atomic E-state index is -0.751. The van der Waals surface area contributed by atoms with Crippen LogP contribution in [0.4, 0.5) is 10.5 Å². The van der Waals surface area contributed by atoms with Gasteiger partial charge in [-0.2, -0.15) is 0 Å². The second-order valence-corrected chi connectivity index (χ2v) is 9.65. The van der Waals surface area contributed by atoms with Gasteiger partial charge < -0.3 is 9.47 Å². The molecule has 4 rings (SSSR count). The molecule has 0 saturated carbocycles. The summed E-state index contributed by atoms with van der Waals surface area (Å²) in [5.74, 6) is -0.621. The number of para-hydroxylation sites is 1. The molecule has 35 heavy (non-hydrogen) atoms. The van der Waals surface area contributed by atoms with Gasteiger partial charge in [-0.1, -0.05) is 48.5 Å². The Bertz CT molecular complexity index is 1160. The number of benzene rings is 2. The third-order valence-corrected chi connectivity index (χ3v) is 5.85. The minimum absolute atomic E-state index is 0.158. The summed E-state index contributed by atoms with van der Waals surface area (Å²) in [4.78, 5) is 42.0. The molecule has 1 fully saturated rings. The molecule has 2 aliphatic rings. The molecule has 2 aromatic carbocycles. The number of carbonyl (C=O) groups excluding carboxylic acids is 3. The van der Waals surface area contributed by atoms with Gasteiger partial charge >= 0.3 is 6.09 Å². The van der Waals surface area contributed by atoms with Crippen molar-refractivity contribution < 1.29 is 23.9 Å². The van der Waals surface area contributed by atoms with Gasteiger partial charge in [0.2, 0.25) is 0 Å². The number of piperidine rings is 1. The molecule has 0 radical (unpaired) electrons. The largest absolute Gasteiger partial charge is 0.474 e. The van der Waals surface area contributed by atoms with Crippen LogP contribution in [0.2, 0.25) is 0 Å². The van der Waals surface area contributed by atoms with Crippen molar-refractivity contribution in [2.45, 2.75) is 58.4 Å². The first kappa shape index (κ1) is 24.3. The predicted molar refractivity (Wildman–Crippen MR) is 132 cm³/mol. The highest BCUT2D eigenvalue weighted by atomic mass is 16.6. The topological polar surface area (TPSA) is 76.2 Å². The lowest BCUT2D eigenvalue weighted by Gasteiger charge is -2.36. The fraction of sp³-hybridized carbons (Fsp3) is 0.321. The van der Waals surface area contributed by atoms with Crippen molar-refractivity contribution in [1.29, 1.82) is 0 Å². The summed E-state index contributed by atoms with van der Waals surface area (Å²) in [7, 11) is 0. The maximum Gasteiger partial charge on any atom is 0.417 e. The molecule has 0 bridgehead atoms. The zero-order chi connectivity index (χ0) is 25.2. The van der Waals surface area contributed by atoms with Crippen molar-refractivity contribution >= 4 is 23.6 Å². The maximum atomic E-state index is 13.5. The van der Waals surface area contributed by atoms with Gasteiger partial charge in [0.05, 0.1) is 17.9 Å². The van der Waals surface area contributed by atoms with Crippen molar-refractivity contribution in [1.82, 2.24) is 4.90 Å². The Balaban J connectivity index is 1.59. The van der Waals surface area contributed by atoms with E-state index >= 15 is 0 Å². The van der Waals surface area contributed by atoms with Crippen LogP contribution < -0.4 is 4.90 Å². The van der Waals surface area contributed by atoms with E-state index in [0.717, 1.165) is 5.56 Å². The van der Waals surface area contributed by atoms with E-state index in [1.54, 1.807) is 33.8 Å². The number of carbonyl (C=O) groups is 3. The minimum Gasteiger partial charge on any atom is -0.474 e. The summed E-state index contributed by atoms with van der Waals surface area (Å²) in [5.41, 5.74) is 1.72. The average molecular weight is 475 g/mol. The van der Waals surface area contributed by atoms with Crippen LogP contribution in [0.25, 0.3) is 0 Å². The Morgan fingerprint density at radius 2 is 1.60 bits per heavy atom. The molecule has 0 aromatic heterocycles. The Labute approximate surface area is 205 Å². The normalized spacial score (nSPS) is 21.8. The first-order chi connectivity index (χ1) is 16.7. The predicted octanol–water partition coefficient (Wildman–Crippen LogP) is 5.50. The number of ether oxygens (including phenoxy) is 2. The molecular weight excluding hydrogens is 444 g/mol. The number of nitrogens with zero attached hydrogens (tertiary/aromatic N) is 2. The summed E-state index contributed by atoms with van der Waals surface area (Å²) >= 11 is 0. The first-order valence-corrected chi connectivity index (χ1v) is 11.7. The summed E-state index contributed by atoms with van der Waals surface area (Å²) in [6.45, 7) is 7.02. The van der Waals surface area contributed by atoms with Crippen LogP contribution in [0.3, 0.4) is 0 Å². The number of rotatable bonds is 4. The van der Waals surface area contributed by atoms with Gasteiger partial charge in [-0.3, -0.25) is 14.5 Å². The molecule has 2 heterocycles. The Morgan fingerprint density at radius 3 is 2.23 bits per heavy atom. The van der Waals surface area contributed by atoms with Gasteiger partial charge in [-0.05, 0) is 64.3 Å². The summed E-state index contributed by atoms with van der Waals surface area (Å²) in [6, 6.07) is 18.2. The van der Waals surface area contributed by atoms with Crippen molar-refractivity contribution in [3.63, 3.8) is 0 Å². The Kier molecular flexibility index (Phi) is 6.78. The maximum absolute atomic E-state index is 13.5. The summed E-state index contributed by atoms with van der Waals surface area (Å²) < 4.78 is 11.5. The van der Waals surface area contributed by atoms with Gasteiger partial charge in [0.15, 0.2) is 6.23 Å². The number of amides is 3. The van der Waals surface area contributed by atoms with Gasteiger partial charge in [-0.15, -0.1) is 0 Å². The third kappa shape index (κ3) is 5.29. The van der Waals surface area contributed by atoms with Crippen molar-refractivity contribution in [2.75, 3.05) is 4.90 Å². The Morgan fingerprint density at radius 1 is 0.971 bits per heavy atom. The molecular formula is C28H30N2O5. The highest BCUT2D eigenvalue weighted by Gasteiger charge is 2.40. The lowest BCUT2D eigenvalue weighted by Crippen LogP contribution is -2.46. The summed E-state index contributed by atoms with van der Waals surface area (Å²) in [6.07, 6.45) is 2.67. The van der Waals surface area contributed by atoms with E-state index in [1.165, 1.54) is 16.1 Å². The van der Waals surface area contributed by atoms with E-state index in [2.05, 4.69) is 0 Å². The molecule has 3 amide bonds. The number of imide groups is 1. The monoisotopic (exact) mass is 474 g/mol. The number of hydrogen-bond acceptors (Lipinski definition) is 5. The van der Waals surface area contributed by atoms with Gasteiger partial charge in [0, 0.05) is 11.3 Å². The van der Waals surface area contributed by atoms with Crippen LogP contribution in [-0.2, 0) is 19.1 Å². The van der Waals surface area contributed by atoms with E-state index < -0.39 is 29.9 Å². The second kappa shape index (κ2) is 9.78. The molecule has 7 nitrogen and oxygen atoms in total. The molecule has 2 aliphatic heterocycles. The van der Waals surface area contributed by atoms with Gasteiger partial charge in [0.1, 0.15) is 5.60 Å². The quantitative estimate of drug-likeness (QED) is 0.432. The fourth-order valence-electron chi connectivity index (χ4n) is 4.22. The van der Waals surface area contributed by atoms with Crippen molar-refractivity contribution in [2.24, 2.45) is 0 Å². The standard InChI is InChI=1S/C28H30N2O5/c1-19-17-24(29(25(19)31)22-13-9-6-10-14-22)34-18-21-15-16-23(20-11-7-5-8-12-20)30(26(21)32)27(33)35-28(2,3)4/h5-14,17-18,23-24H,15-16H2,1-4H3/b21-18+. The van der Waals surface area contributed by atoms with Crippen LogP contribution in [0.1, 0.15) is 52.1 Å². The molecule has 7 heteroatoms. The van der Waals surface area contributed by atoms with Crippen LogP contribution in [-0.4, -0.2) is 34.6 Å². The van der Waals surface area contributed by atoms with Crippen LogP contribution in [0.5, 0.6) is 0 Å². The molecule has 182 valence electrons. The number of likely N-dealkylation sites (tertiary alicyclic amines) is 1. The fourth-order valence-corrected chi connectivity index (χ4v) is 4.22. The molecule has 0 aliphatic carbocycles. The zero-order valence-corrected chi connectivity index (χ0v) is 20.4. The highest BCUT2D eigenvalue weighted by molar-refractivity contribution is 6.08. The van der Waals surface area contributed by atoms with E-state index in [-0.39, 0.29) is 5.91 Å². The lowest BCUT2D eigenvalue weighted by molar-refractivity contribution is -0.130. The van der Waals surface area contributed by atoms with Crippen LogP contribution >= 0.6 is 0 Å². The average Bonchev–Trinajstić information content (AvgIpc) is 3.11.